The van der Waals surface area contributed by atoms with Crippen molar-refractivity contribution in [3.05, 3.63) is 95.1 Å². The summed E-state index contributed by atoms with van der Waals surface area (Å²) < 4.78 is 5.87. The molecule has 0 unspecified atom stereocenters. The summed E-state index contributed by atoms with van der Waals surface area (Å²) in [6.07, 6.45) is 0. The van der Waals surface area contributed by atoms with E-state index in [0.29, 0.717) is 5.56 Å². The summed E-state index contributed by atoms with van der Waals surface area (Å²) >= 11 is 0. The third kappa shape index (κ3) is 3.07. The third-order valence-corrected chi connectivity index (χ3v) is 4.32. The Kier molecular flexibility index (Phi) is 5.96. The van der Waals surface area contributed by atoms with Crippen LogP contribution in [0.3, 0.4) is 0 Å². The summed E-state index contributed by atoms with van der Waals surface area (Å²) in [4.78, 5) is 12.4. The molecule has 4 nitrogen and oxygen atoms in total. The van der Waals surface area contributed by atoms with Crippen molar-refractivity contribution in [2.75, 3.05) is 0 Å². The van der Waals surface area contributed by atoms with Gasteiger partial charge in [0.2, 0.25) is 0 Å². The van der Waals surface area contributed by atoms with Gasteiger partial charge in [0.15, 0.2) is 5.60 Å². The van der Waals surface area contributed by atoms with Crippen LogP contribution in [0.15, 0.2) is 72.8 Å². The van der Waals surface area contributed by atoms with E-state index in [0.717, 1.165) is 16.7 Å². The van der Waals surface area contributed by atoms with Crippen molar-refractivity contribution in [3.8, 4) is 11.5 Å². The summed E-state index contributed by atoms with van der Waals surface area (Å²) in [5.74, 6) is -0.124. The van der Waals surface area contributed by atoms with Crippen LogP contribution in [0.5, 0.6) is 11.5 Å². The van der Waals surface area contributed by atoms with Gasteiger partial charge in [0.25, 0.3) is 0 Å². The first-order valence-electron chi connectivity index (χ1n) is 7.53. The fourth-order valence-electron chi connectivity index (χ4n) is 3.20. The second-order valence-corrected chi connectivity index (χ2v) is 5.71. The Bertz CT molecular complexity index is 876. The second kappa shape index (κ2) is 7.66. The Labute approximate surface area is 175 Å². The van der Waals surface area contributed by atoms with Crippen LogP contribution in [0.4, 0.5) is 0 Å². The van der Waals surface area contributed by atoms with Crippen molar-refractivity contribution >= 4 is 5.97 Å². The van der Waals surface area contributed by atoms with Crippen molar-refractivity contribution in [1.29, 1.82) is 0 Å². The molecule has 1 aliphatic rings. The Morgan fingerprint density at radius 1 is 0.692 bits per heavy atom. The molecular weight excluding hydrogens is 318 g/mol. The monoisotopic (exact) mass is 332 g/mol. The zero-order valence-corrected chi connectivity index (χ0v) is 14.6. The van der Waals surface area contributed by atoms with Gasteiger partial charge in [-0.2, -0.15) is 0 Å². The number of cyclic esters (lactones) is 1. The minimum Gasteiger partial charge on any atom is -0.508 e. The smallest absolute Gasteiger partial charge is 0.508 e. The fourth-order valence-corrected chi connectivity index (χ4v) is 3.20. The van der Waals surface area contributed by atoms with Gasteiger partial charge in [-0.3, -0.25) is 0 Å². The number of aromatic hydroxyl groups is 2. The van der Waals surface area contributed by atoms with Crippen molar-refractivity contribution in [2.24, 2.45) is 0 Å². The van der Waals surface area contributed by atoms with E-state index in [1.165, 1.54) is 0 Å². The maximum absolute atomic E-state index is 12.4. The molecule has 0 fully saturated rings. The number of fused-ring (bicyclic) bond motifs is 1. The third-order valence-electron chi connectivity index (χ3n) is 4.32. The number of hydrogen-bond acceptors (Lipinski definition) is 4. The van der Waals surface area contributed by atoms with Gasteiger partial charge >= 0.3 is 43.7 Å². The molecule has 3 aromatic carbocycles. The minimum atomic E-state index is -1.10. The van der Waals surface area contributed by atoms with E-state index < -0.39 is 11.6 Å². The normalized spacial score (nSPS) is 13.8. The van der Waals surface area contributed by atoms with Gasteiger partial charge in [-0.25, -0.2) is 4.79 Å². The van der Waals surface area contributed by atoms with Crippen molar-refractivity contribution < 1.29 is 57.5 Å². The molecule has 0 saturated heterocycles. The molecular formula is C20H14Li2O4+2. The maximum atomic E-state index is 12.4. The number of ether oxygens (including phenoxy) is 1. The van der Waals surface area contributed by atoms with Gasteiger partial charge in [0.05, 0.1) is 5.56 Å². The molecule has 0 aliphatic carbocycles. The van der Waals surface area contributed by atoms with Crippen molar-refractivity contribution in [1.82, 2.24) is 0 Å². The zero-order chi connectivity index (χ0) is 16.7. The van der Waals surface area contributed by atoms with Gasteiger partial charge in [-0.15, -0.1) is 0 Å². The molecule has 0 saturated carbocycles. The van der Waals surface area contributed by atoms with Gasteiger partial charge in [0, 0.05) is 16.7 Å². The molecule has 1 heterocycles. The molecule has 0 aromatic heterocycles. The van der Waals surface area contributed by atoms with Crippen LogP contribution in [0.25, 0.3) is 0 Å². The molecule has 1 aliphatic heterocycles. The number of carbonyl (C=O) groups is 1. The SMILES string of the molecule is O=C1OC(c2ccc(O)cc2)(c2ccc(O)cc2)c2ccccc21.[Li+].[Li+]. The average Bonchev–Trinajstić information content (AvgIpc) is 2.91. The van der Waals surface area contributed by atoms with E-state index in [9.17, 15) is 15.0 Å². The molecule has 2 N–H and O–H groups in total. The number of rotatable bonds is 2. The zero-order valence-electron chi connectivity index (χ0n) is 14.6. The number of esters is 1. The van der Waals surface area contributed by atoms with E-state index in [1.807, 2.05) is 12.1 Å². The first-order valence-corrected chi connectivity index (χ1v) is 7.53. The number of carbonyl (C=O) groups excluding carboxylic acids is 1. The first kappa shape index (κ1) is 20.2. The van der Waals surface area contributed by atoms with E-state index >= 15 is 0 Å². The number of phenols is 2. The Balaban J connectivity index is 0.00000121. The molecule has 118 valence electrons. The van der Waals surface area contributed by atoms with E-state index in [4.69, 9.17) is 4.74 Å². The van der Waals surface area contributed by atoms with Crippen LogP contribution in [0.1, 0.15) is 27.0 Å². The summed E-state index contributed by atoms with van der Waals surface area (Å²) in [6.45, 7) is 0. The molecule has 4 rings (SSSR count). The van der Waals surface area contributed by atoms with Crippen LogP contribution < -0.4 is 37.7 Å². The molecule has 3 aromatic rings. The largest absolute Gasteiger partial charge is 1.00 e. The van der Waals surface area contributed by atoms with Gasteiger partial charge in [-0.1, -0.05) is 42.5 Å². The standard InChI is InChI=1S/C20H14O4.2Li/c21-15-9-5-13(6-10-15)20(14-7-11-16(22)12-8-14)18-4-2-1-3-17(18)19(23)24-20;;/h1-12,21-22H;;/q;2*+1. The summed E-state index contributed by atoms with van der Waals surface area (Å²) in [5.41, 5.74) is 1.60. The number of benzene rings is 3. The number of phenolic OH excluding ortho intramolecular Hbond substituents is 2. The molecule has 0 atom stereocenters. The van der Waals surface area contributed by atoms with Crippen LogP contribution in [0, 0.1) is 0 Å². The minimum absolute atomic E-state index is 0. The topological polar surface area (TPSA) is 66.8 Å². The Hall–Kier alpha value is -2.08. The average molecular weight is 332 g/mol. The van der Waals surface area contributed by atoms with E-state index in [2.05, 4.69) is 0 Å². The van der Waals surface area contributed by atoms with Crippen LogP contribution in [-0.2, 0) is 10.3 Å². The van der Waals surface area contributed by atoms with Gasteiger partial charge in [-0.05, 0) is 30.3 Å². The van der Waals surface area contributed by atoms with Crippen LogP contribution >= 0.6 is 0 Å². The maximum Gasteiger partial charge on any atom is 1.00 e. The van der Waals surface area contributed by atoms with Crippen LogP contribution in [-0.4, -0.2) is 16.2 Å². The molecule has 0 amide bonds. The van der Waals surface area contributed by atoms with Crippen molar-refractivity contribution in [2.45, 2.75) is 5.60 Å². The molecule has 0 spiro atoms. The summed E-state index contributed by atoms with van der Waals surface area (Å²) in [7, 11) is 0. The molecule has 0 bridgehead atoms. The second-order valence-electron chi connectivity index (χ2n) is 5.71. The fraction of sp³-hybridized carbons (Fsp3) is 0.0500. The molecule has 0 radical (unpaired) electrons. The van der Waals surface area contributed by atoms with E-state index in [-0.39, 0.29) is 49.2 Å². The Morgan fingerprint density at radius 3 is 1.65 bits per heavy atom. The first-order chi connectivity index (χ1) is 11.6. The number of hydrogen-bond donors (Lipinski definition) is 2. The van der Waals surface area contributed by atoms with Gasteiger partial charge < -0.3 is 14.9 Å². The van der Waals surface area contributed by atoms with Gasteiger partial charge in [0.1, 0.15) is 11.5 Å². The summed E-state index contributed by atoms with van der Waals surface area (Å²) in [6, 6.07) is 20.4. The van der Waals surface area contributed by atoms with Crippen molar-refractivity contribution in [3.63, 3.8) is 0 Å². The van der Waals surface area contributed by atoms with E-state index in [1.54, 1.807) is 60.7 Å². The summed E-state index contributed by atoms with van der Waals surface area (Å²) in [5, 5.41) is 19.2. The van der Waals surface area contributed by atoms with Crippen LogP contribution in [0.2, 0.25) is 0 Å². The quantitative estimate of drug-likeness (QED) is 0.405. The predicted molar refractivity (Wildman–Crippen MR) is 88.0 cm³/mol. The molecule has 6 heteroatoms. The predicted octanol–water partition coefficient (Wildman–Crippen LogP) is -2.43. The Morgan fingerprint density at radius 2 is 1.15 bits per heavy atom. The molecule has 26 heavy (non-hydrogen) atoms.